The molecule has 2 aromatic rings. The normalized spacial score (nSPS) is 10.2. The Morgan fingerprint density at radius 1 is 1.47 bits per heavy atom. The van der Waals surface area contributed by atoms with Crippen LogP contribution in [-0.4, -0.2) is 32.1 Å². The highest BCUT2D eigenvalue weighted by Crippen LogP contribution is 2.26. The highest BCUT2D eigenvalue weighted by molar-refractivity contribution is 5.60. The van der Waals surface area contributed by atoms with Crippen molar-refractivity contribution in [3.8, 4) is 0 Å². The van der Waals surface area contributed by atoms with Crippen LogP contribution in [0.1, 0.15) is 11.5 Å². The number of anilines is 2. The fourth-order valence-corrected chi connectivity index (χ4v) is 1.45. The van der Waals surface area contributed by atoms with Crippen LogP contribution in [0.2, 0.25) is 0 Å². The molecule has 10 nitrogen and oxygen atoms in total. The fourth-order valence-electron chi connectivity index (χ4n) is 1.45. The van der Waals surface area contributed by atoms with E-state index in [4.69, 9.17) is 0 Å². The summed E-state index contributed by atoms with van der Waals surface area (Å²) >= 11 is 0. The van der Waals surface area contributed by atoms with Crippen LogP contribution >= 0.6 is 0 Å². The number of rotatable bonds is 5. The van der Waals surface area contributed by atoms with Crippen molar-refractivity contribution in [3.05, 3.63) is 28.0 Å². The van der Waals surface area contributed by atoms with Crippen molar-refractivity contribution in [1.82, 2.24) is 20.1 Å². The van der Waals surface area contributed by atoms with Crippen molar-refractivity contribution >= 4 is 17.5 Å². The molecule has 0 spiro atoms. The maximum atomic E-state index is 11.0. The largest absolute Gasteiger partial charge is 0.357 e. The first kappa shape index (κ1) is 12.7. The van der Waals surface area contributed by atoms with Gasteiger partial charge in [0.25, 0.3) is 0 Å². The molecule has 2 rings (SSSR count). The second-order valence-electron chi connectivity index (χ2n) is 3.54. The second-order valence-corrected chi connectivity index (χ2v) is 3.54. The summed E-state index contributed by atoms with van der Waals surface area (Å²) in [4.78, 5) is 22.3. The molecule has 0 fully saturated rings. The van der Waals surface area contributed by atoms with E-state index in [1.54, 1.807) is 14.0 Å². The minimum absolute atomic E-state index is 0.103. The van der Waals surface area contributed by atoms with Gasteiger partial charge in [-0.15, -0.1) is 0 Å². The average molecular weight is 265 g/mol. The molecule has 19 heavy (non-hydrogen) atoms. The molecular weight excluding hydrogens is 254 g/mol. The van der Waals surface area contributed by atoms with Gasteiger partial charge in [-0.2, -0.15) is 9.97 Å². The highest BCUT2D eigenvalue weighted by Gasteiger charge is 2.21. The summed E-state index contributed by atoms with van der Waals surface area (Å²) in [6.07, 6.45) is 1.18. The van der Waals surface area contributed by atoms with Gasteiger partial charge in [0.15, 0.2) is 5.82 Å². The Morgan fingerprint density at radius 2 is 2.26 bits per heavy atom. The van der Waals surface area contributed by atoms with Gasteiger partial charge in [-0.05, 0) is 6.92 Å². The molecule has 0 atom stereocenters. The molecule has 0 saturated heterocycles. The summed E-state index contributed by atoms with van der Waals surface area (Å²) in [5.74, 6) is 0.766. The Bertz CT molecular complexity index is 584. The monoisotopic (exact) mass is 265 g/mol. The molecule has 0 radical (unpaired) electrons. The molecule has 2 heterocycles. The molecule has 0 aliphatic carbocycles. The van der Waals surface area contributed by atoms with Crippen molar-refractivity contribution in [2.45, 2.75) is 13.5 Å². The summed E-state index contributed by atoms with van der Waals surface area (Å²) in [6.45, 7) is 1.71. The molecule has 0 unspecified atom stereocenters. The lowest BCUT2D eigenvalue weighted by atomic mass is 10.3. The topological polar surface area (TPSA) is 132 Å². The third-order valence-electron chi connectivity index (χ3n) is 2.29. The summed E-state index contributed by atoms with van der Waals surface area (Å²) in [7, 11) is 1.63. The maximum absolute atomic E-state index is 11.0. The van der Waals surface area contributed by atoms with Gasteiger partial charge >= 0.3 is 5.69 Å². The predicted octanol–water partition coefficient (Wildman–Crippen LogP) is 0.730. The van der Waals surface area contributed by atoms with Gasteiger partial charge in [0.1, 0.15) is 5.69 Å². The van der Waals surface area contributed by atoms with Crippen LogP contribution in [0.3, 0.4) is 0 Å². The van der Waals surface area contributed by atoms with E-state index in [0.717, 1.165) is 0 Å². The molecule has 10 heteroatoms. The van der Waals surface area contributed by atoms with Gasteiger partial charge in [-0.1, -0.05) is 5.16 Å². The first-order valence-corrected chi connectivity index (χ1v) is 5.31. The fraction of sp³-hybridized carbons (Fsp3) is 0.333. The van der Waals surface area contributed by atoms with Crippen LogP contribution in [0.5, 0.6) is 0 Å². The highest BCUT2D eigenvalue weighted by atomic mass is 16.6. The Labute approximate surface area is 107 Å². The number of aromatic nitrogens is 4. The van der Waals surface area contributed by atoms with Crippen LogP contribution in [0.15, 0.2) is 10.9 Å². The van der Waals surface area contributed by atoms with E-state index in [0.29, 0.717) is 11.8 Å². The molecule has 0 aliphatic rings. The number of nitrogens with one attached hydrogen (secondary N) is 2. The van der Waals surface area contributed by atoms with Gasteiger partial charge in [-0.25, -0.2) is 4.98 Å². The van der Waals surface area contributed by atoms with E-state index in [2.05, 4.69) is 35.3 Å². The van der Waals surface area contributed by atoms with Gasteiger partial charge in [0.05, 0.1) is 11.5 Å². The lowest BCUT2D eigenvalue weighted by Crippen LogP contribution is -2.10. The zero-order chi connectivity index (χ0) is 13.8. The number of aryl methyl sites for hydroxylation is 1. The van der Waals surface area contributed by atoms with E-state index in [1.165, 1.54) is 6.39 Å². The third kappa shape index (κ3) is 2.73. The Kier molecular flexibility index (Phi) is 3.50. The molecular formula is C9H11N7O3. The van der Waals surface area contributed by atoms with Gasteiger partial charge < -0.3 is 15.2 Å². The standard InChI is InChI=1S/C9H11N7O3/c1-5-7(16(17)18)8(14-9(10-2)13-5)11-3-6-12-4-19-15-6/h4H,3H2,1-2H3,(H2,10,11,13,14). The SMILES string of the molecule is CNc1nc(C)c([N+](=O)[O-])c(NCc2ncon2)n1. The summed E-state index contributed by atoms with van der Waals surface area (Å²) < 4.78 is 4.57. The van der Waals surface area contributed by atoms with Gasteiger partial charge in [0.2, 0.25) is 18.2 Å². The van der Waals surface area contributed by atoms with Crippen LogP contribution in [0, 0.1) is 17.0 Å². The Hall–Kier alpha value is -2.78. The van der Waals surface area contributed by atoms with E-state index < -0.39 is 4.92 Å². The molecule has 0 aromatic carbocycles. The molecule has 0 saturated carbocycles. The van der Waals surface area contributed by atoms with Gasteiger partial charge in [-0.3, -0.25) is 10.1 Å². The maximum Gasteiger partial charge on any atom is 0.332 e. The van der Waals surface area contributed by atoms with Crippen molar-refractivity contribution < 1.29 is 9.45 Å². The third-order valence-corrected chi connectivity index (χ3v) is 2.29. The van der Waals surface area contributed by atoms with Gasteiger partial charge in [0, 0.05) is 7.05 Å². The van der Waals surface area contributed by atoms with Crippen LogP contribution in [0.25, 0.3) is 0 Å². The predicted molar refractivity (Wildman–Crippen MR) is 64.6 cm³/mol. The number of nitro groups is 1. The van der Waals surface area contributed by atoms with E-state index >= 15 is 0 Å². The first-order valence-electron chi connectivity index (χ1n) is 5.31. The minimum Gasteiger partial charge on any atom is -0.357 e. The summed E-state index contributed by atoms with van der Waals surface area (Å²) in [6, 6.07) is 0. The smallest absolute Gasteiger partial charge is 0.332 e. The van der Waals surface area contributed by atoms with Crippen molar-refractivity contribution in [2.24, 2.45) is 0 Å². The Morgan fingerprint density at radius 3 is 2.84 bits per heavy atom. The average Bonchev–Trinajstić information content (AvgIpc) is 2.88. The van der Waals surface area contributed by atoms with Crippen molar-refractivity contribution in [1.29, 1.82) is 0 Å². The van der Waals surface area contributed by atoms with Crippen molar-refractivity contribution in [3.63, 3.8) is 0 Å². The van der Waals surface area contributed by atoms with Crippen LogP contribution in [0.4, 0.5) is 17.5 Å². The molecule has 2 aromatic heterocycles. The zero-order valence-electron chi connectivity index (χ0n) is 10.2. The quantitative estimate of drug-likeness (QED) is 0.592. The molecule has 100 valence electrons. The molecule has 0 aliphatic heterocycles. The second kappa shape index (κ2) is 5.25. The van der Waals surface area contributed by atoms with E-state index in [-0.39, 0.29) is 23.7 Å². The number of hydrogen-bond donors (Lipinski definition) is 2. The molecule has 0 amide bonds. The number of hydrogen-bond acceptors (Lipinski definition) is 9. The Balaban J connectivity index is 2.30. The summed E-state index contributed by atoms with van der Waals surface area (Å²) in [5, 5.41) is 20.1. The first-order chi connectivity index (χ1) is 9.11. The van der Waals surface area contributed by atoms with E-state index in [9.17, 15) is 10.1 Å². The van der Waals surface area contributed by atoms with E-state index in [1.807, 2.05) is 0 Å². The molecule has 2 N–H and O–H groups in total. The summed E-state index contributed by atoms with van der Waals surface area (Å²) in [5.41, 5.74) is 0.0856. The zero-order valence-corrected chi connectivity index (χ0v) is 10.2. The van der Waals surface area contributed by atoms with Crippen LogP contribution in [-0.2, 0) is 6.54 Å². The lowest BCUT2D eigenvalue weighted by Gasteiger charge is -2.07. The number of nitrogens with zero attached hydrogens (tertiary/aromatic N) is 5. The lowest BCUT2D eigenvalue weighted by molar-refractivity contribution is -0.385. The minimum atomic E-state index is -0.534. The van der Waals surface area contributed by atoms with Crippen LogP contribution < -0.4 is 10.6 Å². The molecule has 0 bridgehead atoms. The van der Waals surface area contributed by atoms with Crippen molar-refractivity contribution in [2.75, 3.05) is 17.7 Å².